The van der Waals surface area contributed by atoms with Gasteiger partial charge >= 0.3 is 11.7 Å². The van der Waals surface area contributed by atoms with Crippen LogP contribution in [0.5, 0.6) is 0 Å². The van der Waals surface area contributed by atoms with E-state index in [1.807, 2.05) is 6.26 Å². The maximum Gasteiger partial charge on any atom is 0.326 e. The number of hydrogen-bond donors (Lipinski definition) is 2. The van der Waals surface area contributed by atoms with Crippen molar-refractivity contribution in [3.05, 3.63) is 22.5 Å². The second-order valence-electron chi connectivity index (χ2n) is 3.89. The number of rotatable bonds is 8. The monoisotopic (exact) mass is 302 g/mol. The Morgan fingerprint density at radius 1 is 1.65 bits per heavy atom. The van der Waals surface area contributed by atoms with Crippen molar-refractivity contribution in [3.8, 4) is 0 Å². The number of hydrogen-bond acceptors (Lipinski definition) is 6. The minimum absolute atomic E-state index is 0.227. The Kier molecular flexibility index (Phi) is 5.97. The highest BCUT2D eigenvalue weighted by atomic mass is 32.2. The SMILES string of the molecule is CSCC[C@@H](NC(=O)Cn1cc([N+](=O)[O-])cn1)C(=O)O. The van der Waals surface area contributed by atoms with Crippen LogP contribution in [0.3, 0.4) is 0 Å². The maximum atomic E-state index is 11.7. The number of carbonyl (C=O) groups is 2. The average molecular weight is 302 g/mol. The highest BCUT2D eigenvalue weighted by molar-refractivity contribution is 7.98. The Balaban J connectivity index is 2.56. The molecular formula is C10H14N4O5S. The van der Waals surface area contributed by atoms with Crippen molar-refractivity contribution in [2.45, 2.75) is 19.0 Å². The number of nitrogens with one attached hydrogen (secondary N) is 1. The van der Waals surface area contributed by atoms with Gasteiger partial charge < -0.3 is 10.4 Å². The smallest absolute Gasteiger partial charge is 0.326 e. The zero-order chi connectivity index (χ0) is 15.1. The number of aliphatic carboxylic acids is 1. The van der Waals surface area contributed by atoms with Crippen LogP contribution >= 0.6 is 11.8 Å². The van der Waals surface area contributed by atoms with Crippen LogP contribution in [0, 0.1) is 10.1 Å². The van der Waals surface area contributed by atoms with Gasteiger partial charge in [-0.15, -0.1) is 0 Å². The van der Waals surface area contributed by atoms with Gasteiger partial charge in [-0.1, -0.05) is 0 Å². The minimum Gasteiger partial charge on any atom is -0.480 e. The fourth-order valence-electron chi connectivity index (χ4n) is 1.41. The molecule has 1 aromatic rings. The summed E-state index contributed by atoms with van der Waals surface area (Å²) < 4.78 is 1.08. The Morgan fingerprint density at radius 3 is 2.85 bits per heavy atom. The van der Waals surface area contributed by atoms with Crippen molar-refractivity contribution in [2.75, 3.05) is 12.0 Å². The van der Waals surface area contributed by atoms with Crippen LogP contribution < -0.4 is 5.32 Å². The summed E-state index contributed by atoms with van der Waals surface area (Å²) in [4.78, 5) is 32.4. The average Bonchev–Trinajstić information content (AvgIpc) is 2.82. The number of carboxylic acids is 1. The molecule has 0 fully saturated rings. The van der Waals surface area contributed by atoms with E-state index in [4.69, 9.17) is 5.11 Å². The molecule has 1 atom stereocenters. The molecule has 2 N–H and O–H groups in total. The van der Waals surface area contributed by atoms with Crippen LogP contribution in [-0.4, -0.2) is 49.7 Å². The van der Waals surface area contributed by atoms with Crippen molar-refractivity contribution in [2.24, 2.45) is 0 Å². The van der Waals surface area contributed by atoms with Gasteiger partial charge in [-0.2, -0.15) is 16.9 Å². The lowest BCUT2D eigenvalue weighted by Crippen LogP contribution is -2.42. The third kappa shape index (κ3) is 4.88. The number of nitro groups is 1. The highest BCUT2D eigenvalue weighted by Gasteiger charge is 2.20. The van der Waals surface area contributed by atoms with Gasteiger partial charge in [0.2, 0.25) is 5.91 Å². The summed E-state index contributed by atoms with van der Waals surface area (Å²) in [6.45, 7) is -0.267. The molecule has 0 saturated carbocycles. The van der Waals surface area contributed by atoms with Gasteiger partial charge in [0, 0.05) is 0 Å². The van der Waals surface area contributed by atoms with Crippen LogP contribution in [0.1, 0.15) is 6.42 Å². The summed E-state index contributed by atoms with van der Waals surface area (Å²) in [5.74, 6) is -1.07. The van der Waals surface area contributed by atoms with Gasteiger partial charge in [0.05, 0.1) is 4.92 Å². The second-order valence-corrected chi connectivity index (χ2v) is 4.88. The molecule has 20 heavy (non-hydrogen) atoms. The zero-order valence-corrected chi connectivity index (χ0v) is 11.5. The molecule has 110 valence electrons. The fraction of sp³-hybridized carbons (Fsp3) is 0.500. The van der Waals surface area contributed by atoms with Crippen LogP contribution in [-0.2, 0) is 16.1 Å². The Labute approximate surface area is 118 Å². The van der Waals surface area contributed by atoms with Crippen molar-refractivity contribution < 1.29 is 19.6 Å². The van der Waals surface area contributed by atoms with E-state index in [9.17, 15) is 19.7 Å². The van der Waals surface area contributed by atoms with E-state index in [-0.39, 0.29) is 12.2 Å². The van der Waals surface area contributed by atoms with E-state index in [1.54, 1.807) is 0 Å². The summed E-state index contributed by atoms with van der Waals surface area (Å²) >= 11 is 1.48. The molecule has 0 aromatic carbocycles. The maximum absolute atomic E-state index is 11.7. The van der Waals surface area contributed by atoms with Crippen molar-refractivity contribution in [1.82, 2.24) is 15.1 Å². The van der Waals surface area contributed by atoms with Crippen molar-refractivity contribution >= 4 is 29.3 Å². The molecule has 1 rings (SSSR count). The predicted octanol–water partition coefficient (Wildman–Crippen LogP) is 0.114. The molecule has 0 spiro atoms. The van der Waals surface area contributed by atoms with Crippen LogP contribution in [0.15, 0.2) is 12.4 Å². The van der Waals surface area contributed by atoms with Gasteiger partial charge in [-0.05, 0) is 18.4 Å². The number of aromatic nitrogens is 2. The van der Waals surface area contributed by atoms with Gasteiger partial charge in [-0.3, -0.25) is 19.6 Å². The normalized spacial score (nSPS) is 11.8. The van der Waals surface area contributed by atoms with Gasteiger partial charge in [0.15, 0.2) is 0 Å². The summed E-state index contributed by atoms with van der Waals surface area (Å²) in [7, 11) is 0. The molecule has 9 nitrogen and oxygen atoms in total. The molecule has 1 amide bonds. The number of carbonyl (C=O) groups excluding carboxylic acids is 1. The van der Waals surface area contributed by atoms with Crippen molar-refractivity contribution in [1.29, 1.82) is 0 Å². The lowest BCUT2D eigenvalue weighted by atomic mass is 10.2. The Morgan fingerprint density at radius 2 is 2.35 bits per heavy atom. The lowest BCUT2D eigenvalue weighted by molar-refractivity contribution is -0.385. The molecule has 1 aromatic heterocycles. The molecule has 0 unspecified atom stereocenters. The van der Waals surface area contributed by atoms with E-state index < -0.39 is 22.8 Å². The first-order valence-corrected chi connectivity index (χ1v) is 7.01. The van der Waals surface area contributed by atoms with Gasteiger partial charge in [0.25, 0.3) is 0 Å². The predicted molar refractivity (Wildman–Crippen MR) is 71.4 cm³/mol. The molecular weight excluding hydrogens is 288 g/mol. The molecule has 10 heteroatoms. The largest absolute Gasteiger partial charge is 0.480 e. The van der Waals surface area contributed by atoms with Crippen molar-refractivity contribution in [3.63, 3.8) is 0 Å². The highest BCUT2D eigenvalue weighted by Crippen LogP contribution is 2.07. The van der Waals surface area contributed by atoms with Crippen LogP contribution in [0.2, 0.25) is 0 Å². The van der Waals surface area contributed by atoms with E-state index >= 15 is 0 Å². The third-order valence-electron chi connectivity index (χ3n) is 2.38. The third-order valence-corrected chi connectivity index (χ3v) is 3.02. The van der Waals surface area contributed by atoms with E-state index in [0.717, 1.165) is 17.1 Å². The first kappa shape index (κ1) is 16.0. The van der Waals surface area contributed by atoms with Crippen LogP contribution in [0.4, 0.5) is 5.69 Å². The molecule has 0 bridgehead atoms. The summed E-state index contributed by atoms with van der Waals surface area (Å²) in [5, 5.41) is 25.4. The lowest BCUT2D eigenvalue weighted by Gasteiger charge is -2.13. The molecule has 0 radical (unpaired) electrons. The van der Waals surface area contributed by atoms with E-state index in [2.05, 4.69) is 10.4 Å². The molecule has 0 saturated heterocycles. The number of thioether (sulfide) groups is 1. The van der Waals surface area contributed by atoms with E-state index in [1.165, 1.54) is 11.8 Å². The Hall–Kier alpha value is -2.10. The van der Waals surface area contributed by atoms with Gasteiger partial charge in [0.1, 0.15) is 25.0 Å². The quantitative estimate of drug-likeness (QED) is 0.515. The molecule has 0 aliphatic carbocycles. The standard InChI is InChI=1S/C10H14N4O5S/c1-20-3-2-8(10(16)17)12-9(15)6-13-5-7(4-11-13)14(18)19/h4-5,8H,2-3,6H2,1H3,(H,12,15)(H,16,17)/t8-/m1/s1. The first-order chi connectivity index (χ1) is 9.43. The number of nitrogens with zero attached hydrogens (tertiary/aromatic N) is 3. The first-order valence-electron chi connectivity index (χ1n) is 5.62. The molecule has 0 aliphatic heterocycles. The zero-order valence-electron chi connectivity index (χ0n) is 10.7. The van der Waals surface area contributed by atoms with Crippen LogP contribution in [0.25, 0.3) is 0 Å². The topological polar surface area (TPSA) is 127 Å². The summed E-state index contributed by atoms with van der Waals surface area (Å²) in [6.07, 6.45) is 4.28. The molecule has 0 aliphatic rings. The number of carboxylic acid groups (broad SMARTS) is 1. The second kappa shape index (κ2) is 7.48. The van der Waals surface area contributed by atoms with E-state index in [0.29, 0.717) is 12.2 Å². The Bertz CT molecular complexity index is 504. The molecule has 1 heterocycles. The summed E-state index contributed by atoms with van der Waals surface area (Å²) in [5.41, 5.74) is -0.227. The minimum atomic E-state index is -1.11. The summed E-state index contributed by atoms with van der Waals surface area (Å²) in [6, 6.07) is -0.972. The van der Waals surface area contributed by atoms with Gasteiger partial charge in [-0.25, -0.2) is 4.79 Å². The fourth-order valence-corrected chi connectivity index (χ4v) is 1.89. The number of amides is 1.